The SMILES string of the molecule is Cc1cccc(C)c1-n1c(-c2ccccc2)nnc1C(C)(C)C.Cc1cccc(C)c1-n1c(-c2ccccc2)nnc1C12CC3CC(CC(C3)C1)C2.Cc1cccc(C)c1-n1c(-c2ccccc2)nnc1C1CCC1.Cc1cccc(C)c1-n1c(-c2ccccc2)nnc1C1CCCC1.Cc1cccc(C)c1-n1c(-c2ccccc2)nnc1C1CCCCC1. The average molecular weight is 1640 g/mol. The van der Waals surface area contributed by atoms with Gasteiger partial charge in [-0.25, -0.2) is 0 Å². The van der Waals surface area contributed by atoms with E-state index >= 15 is 0 Å². The van der Waals surface area contributed by atoms with Crippen molar-refractivity contribution < 1.29 is 0 Å². The van der Waals surface area contributed by atoms with E-state index < -0.39 is 0 Å². The Bertz CT molecular complexity index is 6020. The summed E-state index contributed by atoms with van der Waals surface area (Å²) in [6.45, 7) is 28.3. The Kier molecular flexibility index (Phi) is 24.9. The lowest BCUT2D eigenvalue weighted by Crippen LogP contribution is -2.49. The van der Waals surface area contributed by atoms with E-state index in [1.807, 2.05) is 36.4 Å². The largest absolute Gasteiger partial charge is 0.278 e. The van der Waals surface area contributed by atoms with E-state index in [2.05, 4.69) is 360 Å². The third-order valence-electron chi connectivity index (χ3n) is 27.2. The summed E-state index contributed by atoms with van der Waals surface area (Å²) in [5.41, 5.74) is 24.6. The number of aryl methyl sites for hydroxylation is 10. The highest BCUT2D eigenvalue weighted by atomic mass is 15.3. The first-order chi connectivity index (χ1) is 60.3. The molecule has 7 aliphatic rings. The molecule has 0 spiro atoms. The summed E-state index contributed by atoms with van der Waals surface area (Å²) in [5.74, 6) is 14.6. The molecule has 22 rings (SSSR count). The van der Waals surface area contributed by atoms with Crippen LogP contribution in [0.2, 0.25) is 0 Å². The van der Waals surface area contributed by atoms with Gasteiger partial charge in [0, 0.05) is 56.4 Å². The van der Waals surface area contributed by atoms with E-state index in [0.29, 0.717) is 17.8 Å². The van der Waals surface area contributed by atoms with Crippen LogP contribution < -0.4 is 0 Å². The fraction of sp³-hybridized carbons (Fsp3) is 0.358. The van der Waals surface area contributed by atoms with Gasteiger partial charge in [0.15, 0.2) is 29.1 Å². The molecule has 10 aromatic carbocycles. The lowest BCUT2D eigenvalue weighted by molar-refractivity contribution is -0.0102. The molecule has 15 heteroatoms. The molecule has 4 bridgehead atoms. The quantitative estimate of drug-likeness (QED) is 0.103. The minimum Gasteiger partial charge on any atom is -0.278 e. The summed E-state index contributed by atoms with van der Waals surface area (Å²) < 4.78 is 11.6. The molecule has 0 N–H and O–H groups in total. The Morgan fingerprint density at radius 2 is 0.476 bits per heavy atom. The highest BCUT2D eigenvalue weighted by molar-refractivity contribution is 5.67. The van der Waals surface area contributed by atoms with Crippen molar-refractivity contribution in [1.29, 1.82) is 0 Å². The van der Waals surface area contributed by atoms with Crippen LogP contribution in [0.4, 0.5) is 0 Å². The highest BCUT2D eigenvalue weighted by Crippen LogP contribution is 2.61. The molecule has 0 atom stereocenters. The molecule has 15 aromatic rings. The normalized spacial score (nSPS) is 18.0. The minimum absolute atomic E-state index is 0.0885. The molecular formula is C109H121N15. The first-order valence-electron chi connectivity index (χ1n) is 45.7. The van der Waals surface area contributed by atoms with Crippen molar-refractivity contribution in [2.24, 2.45) is 17.8 Å². The molecule has 15 nitrogen and oxygen atoms in total. The maximum absolute atomic E-state index is 4.95. The van der Waals surface area contributed by atoms with Gasteiger partial charge in [-0.05, 0) is 220 Å². The van der Waals surface area contributed by atoms with Crippen LogP contribution in [0, 0.1) is 87.0 Å². The molecule has 7 saturated carbocycles. The lowest BCUT2D eigenvalue weighted by Gasteiger charge is -2.56. The van der Waals surface area contributed by atoms with Crippen LogP contribution in [0.3, 0.4) is 0 Å². The average Bonchev–Trinajstić information content (AvgIpc) is 1.39. The van der Waals surface area contributed by atoms with Gasteiger partial charge in [-0.3, -0.25) is 22.8 Å². The molecule has 5 heterocycles. The summed E-state index contributed by atoms with van der Waals surface area (Å²) >= 11 is 0. The van der Waals surface area contributed by atoms with Crippen molar-refractivity contribution in [3.63, 3.8) is 0 Å². The maximum atomic E-state index is 4.95. The second kappa shape index (κ2) is 36.8. The Balaban J connectivity index is 0.000000110. The van der Waals surface area contributed by atoms with Crippen molar-refractivity contribution in [3.8, 4) is 85.4 Å². The Morgan fingerprint density at radius 1 is 0.242 bits per heavy atom. The van der Waals surface area contributed by atoms with Crippen LogP contribution >= 0.6 is 0 Å². The van der Waals surface area contributed by atoms with E-state index in [1.165, 1.54) is 205 Å². The van der Waals surface area contributed by atoms with Gasteiger partial charge in [0.1, 0.15) is 29.1 Å². The van der Waals surface area contributed by atoms with Crippen molar-refractivity contribution >= 4 is 0 Å². The molecule has 0 amide bonds. The summed E-state index contributed by atoms with van der Waals surface area (Å²) in [6, 6.07) is 84.5. The number of hydrogen-bond donors (Lipinski definition) is 0. The van der Waals surface area contributed by atoms with Gasteiger partial charge in [0.2, 0.25) is 0 Å². The molecule has 632 valence electrons. The summed E-state index contributed by atoms with van der Waals surface area (Å²) in [6.07, 6.45) is 23.4. The number of aromatic nitrogens is 15. The predicted molar refractivity (Wildman–Crippen MR) is 504 cm³/mol. The number of nitrogens with zero attached hydrogens (tertiary/aromatic N) is 15. The molecule has 124 heavy (non-hydrogen) atoms. The number of benzene rings is 10. The lowest BCUT2D eigenvalue weighted by atomic mass is 9.49. The van der Waals surface area contributed by atoms with Crippen molar-refractivity contribution in [2.45, 2.75) is 234 Å². The second-order valence-electron chi connectivity index (χ2n) is 37.4. The fourth-order valence-corrected chi connectivity index (χ4v) is 21.4. The van der Waals surface area contributed by atoms with Crippen LogP contribution in [0.1, 0.15) is 239 Å². The molecule has 0 unspecified atom stereocenters. The van der Waals surface area contributed by atoms with Gasteiger partial charge >= 0.3 is 0 Å². The van der Waals surface area contributed by atoms with Gasteiger partial charge in [-0.15, -0.1) is 51.0 Å². The number of rotatable bonds is 14. The monoisotopic (exact) mass is 1640 g/mol. The van der Waals surface area contributed by atoms with Crippen LogP contribution in [-0.4, -0.2) is 73.8 Å². The van der Waals surface area contributed by atoms with Crippen LogP contribution in [-0.2, 0) is 10.8 Å². The maximum Gasteiger partial charge on any atom is 0.168 e. The van der Waals surface area contributed by atoms with E-state index in [9.17, 15) is 0 Å². The zero-order valence-electron chi connectivity index (χ0n) is 75.0. The molecule has 0 radical (unpaired) electrons. The Hall–Kier alpha value is -12.1. The van der Waals surface area contributed by atoms with Crippen LogP contribution in [0.25, 0.3) is 85.4 Å². The minimum atomic E-state index is -0.0885. The zero-order chi connectivity index (χ0) is 85.8. The molecule has 5 aromatic heterocycles. The molecule has 7 fully saturated rings. The first kappa shape index (κ1) is 84.1. The number of hydrogen-bond acceptors (Lipinski definition) is 10. The second-order valence-corrected chi connectivity index (χ2v) is 37.4. The van der Waals surface area contributed by atoms with Gasteiger partial charge in [-0.1, -0.05) is 302 Å². The summed E-state index contributed by atoms with van der Waals surface area (Å²) in [4.78, 5) is 0. The molecule has 7 aliphatic carbocycles. The zero-order valence-corrected chi connectivity index (χ0v) is 75.0. The third kappa shape index (κ3) is 17.2. The number of para-hydroxylation sites is 5. The van der Waals surface area contributed by atoms with Gasteiger partial charge in [0.05, 0.1) is 28.4 Å². The van der Waals surface area contributed by atoms with Crippen LogP contribution in [0.15, 0.2) is 243 Å². The highest BCUT2D eigenvalue weighted by Gasteiger charge is 2.54. The van der Waals surface area contributed by atoms with E-state index in [1.54, 1.807) is 0 Å². The van der Waals surface area contributed by atoms with Crippen molar-refractivity contribution in [2.75, 3.05) is 0 Å². The summed E-state index contributed by atoms with van der Waals surface area (Å²) in [5, 5.41) is 46.5. The predicted octanol–water partition coefficient (Wildman–Crippen LogP) is 26.5. The summed E-state index contributed by atoms with van der Waals surface area (Å²) in [7, 11) is 0. The van der Waals surface area contributed by atoms with Crippen molar-refractivity contribution in [3.05, 3.63) is 327 Å². The van der Waals surface area contributed by atoms with Crippen LogP contribution in [0.5, 0.6) is 0 Å². The van der Waals surface area contributed by atoms with Gasteiger partial charge in [0.25, 0.3) is 0 Å². The Labute approximate surface area is 734 Å². The molecular weight excluding hydrogens is 1520 g/mol. The van der Waals surface area contributed by atoms with Gasteiger partial charge < -0.3 is 0 Å². The standard InChI is InChI=1S/C26H29N3.C22H25N3.C21H23N3.C20H21N3.C20H23N3/c1-17-7-6-8-18(2)23(17)29-24(22-9-4-3-5-10-22)27-28-25(29)26-14-19-11-20(15-26)13-21(12-19)16-26;1-16-10-9-11-17(2)20(16)25-21(18-12-5-3-6-13-18)23-24-22(25)19-14-7-4-8-15-19;1-15-9-8-10-16(2)19(15)24-20(17-11-4-3-5-12-17)22-23-21(24)18-13-6-7-14-18;1-14-8-6-9-15(2)18(14)23-19(16-10-4-3-5-11-16)21-22-20(23)17-12-7-13-17;1-14-10-9-11-15(2)17(14)23-18(16-12-7-6-8-13-16)21-22-19(23)20(3,4)5/h3-10,19-21H,11-16H2,1-2H3;3,5-6,9-13,19H,4,7-8,14-15H2,1-2H3;3-5,8-12,18H,6-7,13-14H2,1-2H3;3-6,8-11,17H,7,12-13H2,1-2H3;6-13H,1-5H3. The van der Waals surface area contributed by atoms with E-state index in [0.717, 1.165) is 98.0 Å². The first-order valence-corrected chi connectivity index (χ1v) is 45.7. The van der Waals surface area contributed by atoms with Crippen molar-refractivity contribution in [1.82, 2.24) is 73.8 Å². The van der Waals surface area contributed by atoms with E-state index in [4.69, 9.17) is 10.2 Å². The fourth-order valence-electron chi connectivity index (χ4n) is 21.4. The van der Waals surface area contributed by atoms with Gasteiger partial charge in [-0.2, -0.15) is 0 Å². The molecule has 0 saturated heterocycles. The topological polar surface area (TPSA) is 154 Å². The third-order valence-corrected chi connectivity index (χ3v) is 27.2. The smallest absolute Gasteiger partial charge is 0.168 e. The van der Waals surface area contributed by atoms with E-state index in [-0.39, 0.29) is 10.8 Å². The Morgan fingerprint density at radius 3 is 0.750 bits per heavy atom. The molecule has 0 aliphatic heterocycles.